The van der Waals surface area contributed by atoms with Crippen molar-refractivity contribution in [3.05, 3.63) is 11.1 Å². The molecule has 12 heavy (non-hydrogen) atoms. The number of aldehydes is 1. The van der Waals surface area contributed by atoms with Gasteiger partial charge < -0.3 is 10.4 Å². The van der Waals surface area contributed by atoms with Crippen molar-refractivity contribution in [2.24, 2.45) is 0 Å². The Kier molecular flexibility index (Phi) is 2.76. The van der Waals surface area contributed by atoms with Gasteiger partial charge in [0.25, 0.3) is 0 Å². The molecule has 5 nitrogen and oxygen atoms in total. The topological polar surface area (TPSA) is 79.3 Å². The molecule has 0 atom stereocenters. The summed E-state index contributed by atoms with van der Waals surface area (Å²) in [6.45, 7) is -0.189. The highest BCUT2D eigenvalue weighted by Gasteiger charge is 2.01. The van der Waals surface area contributed by atoms with Crippen molar-refractivity contribution in [2.75, 3.05) is 11.9 Å². The zero-order valence-corrected chi connectivity index (χ0v) is 6.80. The Morgan fingerprint density at radius 3 is 3.08 bits per heavy atom. The monoisotopic (exact) mass is 186 g/mol. The van der Waals surface area contributed by atoms with Crippen molar-refractivity contribution >= 4 is 28.7 Å². The third-order valence-electron chi connectivity index (χ3n) is 1.03. The van der Waals surface area contributed by atoms with Gasteiger partial charge >= 0.3 is 5.97 Å². The van der Waals surface area contributed by atoms with Crippen LogP contribution < -0.4 is 5.32 Å². The average molecular weight is 186 g/mol. The Balaban J connectivity index is 2.52. The fraction of sp³-hybridized carbons (Fsp3) is 0.167. The van der Waals surface area contributed by atoms with Crippen LogP contribution in [0.4, 0.5) is 5.13 Å². The lowest BCUT2D eigenvalue weighted by Gasteiger charge is -1.94. The fourth-order valence-corrected chi connectivity index (χ4v) is 1.20. The predicted molar refractivity (Wildman–Crippen MR) is 43.6 cm³/mol. The van der Waals surface area contributed by atoms with E-state index in [-0.39, 0.29) is 6.54 Å². The maximum Gasteiger partial charge on any atom is 0.322 e. The molecule has 1 aromatic rings. The molecule has 0 spiro atoms. The summed E-state index contributed by atoms with van der Waals surface area (Å²) in [4.78, 5) is 24.5. The van der Waals surface area contributed by atoms with E-state index >= 15 is 0 Å². The van der Waals surface area contributed by atoms with Crippen LogP contribution in [0.1, 0.15) is 9.67 Å². The van der Waals surface area contributed by atoms with Gasteiger partial charge in [-0.2, -0.15) is 0 Å². The number of carbonyl (C=O) groups is 2. The number of anilines is 1. The molecule has 0 aliphatic rings. The molecular weight excluding hydrogens is 180 g/mol. The summed E-state index contributed by atoms with van der Waals surface area (Å²) in [5.41, 5.74) is 0. The van der Waals surface area contributed by atoms with Crippen LogP contribution in [-0.2, 0) is 4.79 Å². The molecule has 0 aromatic carbocycles. The van der Waals surface area contributed by atoms with Gasteiger partial charge in [-0.15, -0.1) is 0 Å². The number of thiazole rings is 1. The van der Waals surface area contributed by atoms with Gasteiger partial charge in [0.2, 0.25) is 0 Å². The Bertz CT molecular complexity index is 297. The molecule has 64 valence electrons. The molecule has 0 radical (unpaired) electrons. The second kappa shape index (κ2) is 3.82. The largest absolute Gasteiger partial charge is 0.480 e. The number of aliphatic carboxylic acids is 1. The van der Waals surface area contributed by atoms with Gasteiger partial charge in [-0.1, -0.05) is 11.3 Å². The standard InChI is InChI=1S/C6H6N2O3S/c9-3-4-1-7-6(12-4)8-2-5(10)11/h1,3H,2H2,(H,7,8)(H,10,11). The van der Waals surface area contributed by atoms with Gasteiger partial charge in [-0.25, -0.2) is 4.98 Å². The first kappa shape index (κ1) is 8.66. The molecule has 0 amide bonds. The lowest BCUT2D eigenvalue weighted by atomic mass is 10.6. The van der Waals surface area contributed by atoms with Gasteiger partial charge in [0.15, 0.2) is 11.4 Å². The summed E-state index contributed by atoms with van der Waals surface area (Å²) in [6, 6.07) is 0. The Morgan fingerprint density at radius 2 is 2.58 bits per heavy atom. The number of carboxylic acid groups (broad SMARTS) is 1. The van der Waals surface area contributed by atoms with Crippen LogP contribution in [0.5, 0.6) is 0 Å². The Morgan fingerprint density at radius 1 is 1.83 bits per heavy atom. The highest BCUT2D eigenvalue weighted by Crippen LogP contribution is 2.15. The number of carbonyl (C=O) groups excluding carboxylic acids is 1. The van der Waals surface area contributed by atoms with Crippen molar-refractivity contribution in [3.8, 4) is 0 Å². The summed E-state index contributed by atoms with van der Waals surface area (Å²) in [7, 11) is 0. The normalized spacial score (nSPS) is 9.33. The Hall–Kier alpha value is -1.43. The summed E-state index contributed by atoms with van der Waals surface area (Å²) < 4.78 is 0. The molecule has 1 aromatic heterocycles. The number of hydrogen-bond donors (Lipinski definition) is 2. The van der Waals surface area contributed by atoms with E-state index in [2.05, 4.69) is 10.3 Å². The maximum atomic E-state index is 10.2. The average Bonchev–Trinajstić information content (AvgIpc) is 2.48. The van der Waals surface area contributed by atoms with Gasteiger partial charge in [0, 0.05) is 0 Å². The maximum absolute atomic E-state index is 10.2. The zero-order chi connectivity index (χ0) is 8.97. The van der Waals surface area contributed by atoms with Crippen LogP contribution >= 0.6 is 11.3 Å². The molecule has 0 aliphatic heterocycles. The lowest BCUT2D eigenvalue weighted by molar-refractivity contribution is -0.134. The van der Waals surface area contributed by atoms with Crippen molar-refractivity contribution in [1.82, 2.24) is 4.98 Å². The molecule has 2 N–H and O–H groups in total. The van der Waals surface area contributed by atoms with Crippen LogP contribution in [0, 0.1) is 0 Å². The van der Waals surface area contributed by atoms with Crippen molar-refractivity contribution in [3.63, 3.8) is 0 Å². The molecule has 0 aliphatic carbocycles. The number of hydrogen-bond acceptors (Lipinski definition) is 5. The van der Waals surface area contributed by atoms with Crippen LogP contribution in [0.15, 0.2) is 6.20 Å². The SMILES string of the molecule is O=Cc1cnc(NCC(=O)O)s1. The summed E-state index contributed by atoms with van der Waals surface area (Å²) in [5.74, 6) is -0.960. The summed E-state index contributed by atoms with van der Waals surface area (Å²) in [5, 5.41) is 11.3. The second-order valence-corrected chi connectivity index (χ2v) is 3.00. The number of rotatable bonds is 4. The number of nitrogens with one attached hydrogen (secondary N) is 1. The quantitative estimate of drug-likeness (QED) is 0.667. The van der Waals surface area contributed by atoms with Crippen molar-refractivity contribution < 1.29 is 14.7 Å². The van der Waals surface area contributed by atoms with Crippen molar-refractivity contribution in [1.29, 1.82) is 0 Å². The molecule has 1 rings (SSSR count). The minimum atomic E-state index is -0.960. The van der Waals surface area contributed by atoms with Crippen molar-refractivity contribution in [2.45, 2.75) is 0 Å². The zero-order valence-electron chi connectivity index (χ0n) is 5.98. The van der Waals surface area contributed by atoms with E-state index in [0.29, 0.717) is 16.3 Å². The van der Waals surface area contributed by atoms with Gasteiger partial charge in [0.05, 0.1) is 11.1 Å². The van der Waals surface area contributed by atoms with Gasteiger partial charge in [0.1, 0.15) is 6.54 Å². The molecule has 0 saturated carbocycles. The number of nitrogens with zero attached hydrogens (tertiary/aromatic N) is 1. The number of aromatic nitrogens is 1. The molecule has 1 heterocycles. The minimum absolute atomic E-state index is 0.189. The van der Waals surface area contributed by atoms with Gasteiger partial charge in [-0.3, -0.25) is 9.59 Å². The van der Waals surface area contributed by atoms with Gasteiger partial charge in [-0.05, 0) is 0 Å². The van der Waals surface area contributed by atoms with Crippen LogP contribution in [-0.4, -0.2) is 28.9 Å². The van der Waals surface area contributed by atoms with Crippen LogP contribution in [0.2, 0.25) is 0 Å². The first-order valence-corrected chi connectivity index (χ1v) is 3.90. The van der Waals surface area contributed by atoms with E-state index in [1.165, 1.54) is 6.20 Å². The molecular formula is C6H6N2O3S. The van der Waals surface area contributed by atoms with Crippen LogP contribution in [0.25, 0.3) is 0 Å². The highest BCUT2D eigenvalue weighted by atomic mass is 32.1. The van der Waals surface area contributed by atoms with E-state index in [1.54, 1.807) is 0 Å². The smallest absolute Gasteiger partial charge is 0.322 e. The minimum Gasteiger partial charge on any atom is -0.480 e. The van der Waals surface area contributed by atoms with Crippen LogP contribution in [0.3, 0.4) is 0 Å². The molecule has 0 saturated heterocycles. The van der Waals surface area contributed by atoms with E-state index in [0.717, 1.165) is 11.3 Å². The molecule has 0 fully saturated rings. The van der Waals surface area contributed by atoms with E-state index < -0.39 is 5.97 Å². The first-order chi connectivity index (χ1) is 5.72. The Labute approximate surface area is 72.1 Å². The molecule has 0 unspecified atom stereocenters. The predicted octanol–water partition coefficient (Wildman–Crippen LogP) is 0.452. The lowest BCUT2D eigenvalue weighted by Crippen LogP contribution is -2.11. The molecule has 6 heteroatoms. The first-order valence-electron chi connectivity index (χ1n) is 3.09. The third-order valence-corrected chi connectivity index (χ3v) is 1.91. The highest BCUT2D eigenvalue weighted by molar-refractivity contribution is 7.17. The summed E-state index contributed by atoms with van der Waals surface area (Å²) >= 11 is 1.12. The van der Waals surface area contributed by atoms with E-state index in [9.17, 15) is 9.59 Å². The van der Waals surface area contributed by atoms with E-state index in [4.69, 9.17) is 5.11 Å². The summed E-state index contributed by atoms with van der Waals surface area (Å²) in [6.07, 6.45) is 2.06. The molecule has 0 bridgehead atoms. The van der Waals surface area contributed by atoms with E-state index in [1.807, 2.05) is 0 Å². The second-order valence-electron chi connectivity index (χ2n) is 1.93. The third kappa shape index (κ3) is 2.31. The fourth-order valence-electron chi connectivity index (χ4n) is 0.574. The number of carboxylic acids is 1.